The van der Waals surface area contributed by atoms with Crippen molar-refractivity contribution in [2.75, 3.05) is 13.2 Å². The van der Waals surface area contributed by atoms with Gasteiger partial charge in [0, 0.05) is 12.0 Å². The third-order valence-electron chi connectivity index (χ3n) is 4.94. The van der Waals surface area contributed by atoms with E-state index in [0.717, 1.165) is 29.9 Å². The maximum Gasteiger partial charge on any atom is 0.227 e. The van der Waals surface area contributed by atoms with Crippen LogP contribution in [0.3, 0.4) is 0 Å². The van der Waals surface area contributed by atoms with Crippen LogP contribution in [0.2, 0.25) is 0 Å². The van der Waals surface area contributed by atoms with Gasteiger partial charge in [-0.3, -0.25) is 0 Å². The molecule has 3 atom stereocenters. The lowest BCUT2D eigenvalue weighted by Gasteiger charge is -2.18. The minimum absolute atomic E-state index is 0.379. The van der Waals surface area contributed by atoms with Crippen molar-refractivity contribution >= 4 is 0 Å². The summed E-state index contributed by atoms with van der Waals surface area (Å²) in [6.45, 7) is 1.16. The van der Waals surface area contributed by atoms with Gasteiger partial charge in [-0.05, 0) is 43.4 Å². The van der Waals surface area contributed by atoms with E-state index in [9.17, 15) is 0 Å². The molecule has 0 radical (unpaired) electrons. The average Bonchev–Trinajstić information content (AvgIpc) is 3.31. The largest absolute Gasteiger partial charge is 0.486 e. The monoisotopic (exact) mass is 314 g/mol. The minimum Gasteiger partial charge on any atom is -0.486 e. The third-order valence-corrected chi connectivity index (χ3v) is 4.94. The predicted molar refractivity (Wildman–Crippen MR) is 80.4 cm³/mol. The molecule has 0 spiro atoms. The summed E-state index contributed by atoms with van der Waals surface area (Å²) in [5.41, 5.74) is 0.883. The van der Waals surface area contributed by atoms with Crippen LogP contribution in [0.15, 0.2) is 22.7 Å². The van der Waals surface area contributed by atoms with Crippen molar-refractivity contribution in [3.63, 3.8) is 0 Å². The zero-order valence-electron chi connectivity index (χ0n) is 12.7. The van der Waals surface area contributed by atoms with Gasteiger partial charge in [0.2, 0.25) is 11.7 Å². The van der Waals surface area contributed by atoms with Gasteiger partial charge in [-0.15, -0.1) is 0 Å². The second-order valence-electron chi connectivity index (χ2n) is 6.44. The lowest BCUT2D eigenvalue weighted by molar-refractivity contribution is 0.0913. The van der Waals surface area contributed by atoms with Crippen LogP contribution < -0.4 is 9.47 Å². The van der Waals surface area contributed by atoms with Crippen molar-refractivity contribution in [2.45, 2.75) is 37.9 Å². The van der Waals surface area contributed by atoms with Crippen molar-refractivity contribution < 1.29 is 18.7 Å². The molecule has 0 amide bonds. The highest BCUT2D eigenvalue weighted by Gasteiger charge is 2.41. The number of fused-ring (bicyclic) bond motifs is 3. The quantitative estimate of drug-likeness (QED) is 0.867. The molecular formula is C17H18N2O4. The van der Waals surface area contributed by atoms with Crippen molar-refractivity contribution in [2.24, 2.45) is 5.92 Å². The molecule has 23 heavy (non-hydrogen) atoms. The first-order valence-corrected chi connectivity index (χ1v) is 8.23. The molecule has 3 unspecified atom stereocenters. The molecule has 6 nitrogen and oxygen atoms in total. The Morgan fingerprint density at radius 1 is 1.09 bits per heavy atom. The van der Waals surface area contributed by atoms with Crippen molar-refractivity contribution in [1.82, 2.24) is 10.1 Å². The first-order chi connectivity index (χ1) is 11.3. The first-order valence-electron chi connectivity index (χ1n) is 8.23. The molecule has 3 aliphatic heterocycles. The highest BCUT2D eigenvalue weighted by atomic mass is 16.6. The van der Waals surface area contributed by atoms with Gasteiger partial charge in [0.15, 0.2) is 11.5 Å². The standard InChI is InChI=1S/C17H18N2O4/c1-3-14-15(21-6-5-20-14)8-10(1)17-18-16(23-19-17)9-11-7-12-2-4-13(11)22-12/h1,3,8,11-13H,2,4-7,9H2. The van der Waals surface area contributed by atoms with E-state index in [-0.39, 0.29) is 0 Å². The van der Waals surface area contributed by atoms with E-state index in [1.54, 1.807) is 0 Å². The summed E-state index contributed by atoms with van der Waals surface area (Å²) in [7, 11) is 0. The van der Waals surface area contributed by atoms with Crippen LogP contribution in [-0.2, 0) is 11.2 Å². The molecule has 4 heterocycles. The molecule has 3 aliphatic rings. The van der Waals surface area contributed by atoms with Crippen LogP contribution in [0.5, 0.6) is 11.5 Å². The van der Waals surface area contributed by atoms with E-state index in [1.165, 1.54) is 12.8 Å². The Balaban J connectivity index is 1.35. The van der Waals surface area contributed by atoms with Gasteiger partial charge >= 0.3 is 0 Å². The molecule has 1 aromatic carbocycles. The summed E-state index contributed by atoms with van der Waals surface area (Å²) < 4.78 is 22.5. The van der Waals surface area contributed by atoms with Gasteiger partial charge in [0.25, 0.3) is 0 Å². The Hall–Kier alpha value is -2.08. The minimum atomic E-state index is 0.379. The van der Waals surface area contributed by atoms with E-state index in [4.69, 9.17) is 18.7 Å². The number of hydrogen-bond acceptors (Lipinski definition) is 6. The molecule has 120 valence electrons. The van der Waals surface area contributed by atoms with Crippen molar-refractivity contribution in [3.8, 4) is 22.9 Å². The number of hydrogen-bond donors (Lipinski definition) is 0. The molecule has 2 bridgehead atoms. The number of benzene rings is 1. The van der Waals surface area contributed by atoms with Crippen LogP contribution in [0.25, 0.3) is 11.4 Å². The van der Waals surface area contributed by atoms with E-state index in [0.29, 0.717) is 43.1 Å². The van der Waals surface area contributed by atoms with Gasteiger partial charge in [0.1, 0.15) is 13.2 Å². The molecule has 1 aromatic heterocycles. The van der Waals surface area contributed by atoms with E-state index < -0.39 is 0 Å². The van der Waals surface area contributed by atoms with Crippen LogP contribution in [0.1, 0.15) is 25.2 Å². The molecule has 5 rings (SSSR count). The second kappa shape index (κ2) is 5.23. The highest BCUT2D eigenvalue weighted by molar-refractivity contribution is 5.60. The summed E-state index contributed by atoms with van der Waals surface area (Å²) in [6.07, 6.45) is 5.12. The molecule has 0 saturated carbocycles. The fraction of sp³-hybridized carbons (Fsp3) is 0.529. The van der Waals surface area contributed by atoms with Crippen molar-refractivity contribution in [1.29, 1.82) is 0 Å². The summed E-state index contributed by atoms with van der Waals surface area (Å²) in [6, 6.07) is 5.73. The third kappa shape index (κ3) is 2.37. The summed E-state index contributed by atoms with van der Waals surface area (Å²) in [5.74, 6) is 3.31. The maximum atomic E-state index is 5.89. The normalized spacial score (nSPS) is 28.3. The highest BCUT2D eigenvalue weighted by Crippen LogP contribution is 2.40. The first kappa shape index (κ1) is 13.4. The Labute approximate surface area is 133 Å². The SMILES string of the molecule is c1cc2c(cc1-c1noc(CC3CC4CCC3O4)n1)OCCO2. The molecular weight excluding hydrogens is 296 g/mol. The summed E-state index contributed by atoms with van der Waals surface area (Å²) in [5, 5.41) is 4.12. The topological polar surface area (TPSA) is 66.6 Å². The fourth-order valence-electron chi connectivity index (χ4n) is 3.82. The maximum absolute atomic E-state index is 5.89. The fourth-order valence-corrected chi connectivity index (χ4v) is 3.82. The molecule has 6 heteroatoms. The van der Waals surface area contributed by atoms with Gasteiger partial charge in [-0.1, -0.05) is 5.16 Å². The van der Waals surface area contributed by atoms with Crippen molar-refractivity contribution in [3.05, 3.63) is 24.1 Å². The zero-order chi connectivity index (χ0) is 15.2. The second-order valence-corrected chi connectivity index (χ2v) is 6.44. The van der Waals surface area contributed by atoms with Crippen LogP contribution in [0, 0.1) is 5.92 Å². The van der Waals surface area contributed by atoms with Gasteiger partial charge < -0.3 is 18.7 Å². The predicted octanol–water partition coefficient (Wildman–Crippen LogP) is 2.62. The lowest BCUT2D eigenvalue weighted by Crippen LogP contribution is -2.18. The number of aromatic nitrogens is 2. The Morgan fingerprint density at radius 3 is 2.83 bits per heavy atom. The number of nitrogens with zero attached hydrogens (tertiary/aromatic N) is 2. The lowest BCUT2D eigenvalue weighted by atomic mass is 9.87. The van der Waals surface area contributed by atoms with Crippen LogP contribution >= 0.6 is 0 Å². The van der Waals surface area contributed by atoms with Crippen LogP contribution in [0.4, 0.5) is 0 Å². The Bertz CT molecular complexity index is 729. The van der Waals surface area contributed by atoms with E-state index in [1.807, 2.05) is 18.2 Å². The Kier molecular flexibility index (Phi) is 3.04. The van der Waals surface area contributed by atoms with Gasteiger partial charge in [0.05, 0.1) is 12.2 Å². The van der Waals surface area contributed by atoms with Crippen LogP contribution in [-0.4, -0.2) is 35.6 Å². The summed E-state index contributed by atoms with van der Waals surface area (Å²) in [4.78, 5) is 4.55. The molecule has 2 saturated heterocycles. The van der Waals surface area contributed by atoms with Gasteiger partial charge in [-0.2, -0.15) is 4.98 Å². The van der Waals surface area contributed by atoms with E-state index in [2.05, 4.69) is 10.1 Å². The molecule has 2 aromatic rings. The summed E-state index contributed by atoms with van der Waals surface area (Å²) >= 11 is 0. The molecule has 2 fully saturated rings. The van der Waals surface area contributed by atoms with E-state index >= 15 is 0 Å². The Morgan fingerprint density at radius 2 is 2.00 bits per heavy atom. The molecule has 0 aliphatic carbocycles. The smallest absolute Gasteiger partial charge is 0.227 e. The number of ether oxygens (including phenoxy) is 3. The average molecular weight is 314 g/mol. The molecule has 0 N–H and O–H groups in total. The zero-order valence-corrected chi connectivity index (χ0v) is 12.7. The number of rotatable bonds is 3. The van der Waals surface area contributed by atoms with Gasteiger partial charge in [-0.25, -0.2) is 0 Å².